The van der Waals surface area contributed by atoms with Crippen molar-refractivity contribution in [2.75, 3.05) is 0 Å². The molecule has 7 heteroatoms. The van der Waals surface area contributed by atoms with Gasteiger partial charge in [0.25, 0.3) is 5.91 Å². The number of carbonyl (C=O) groups is 2. The van der Waals surface area contributed by atoms with E-state index in [1.807, 2.05) is 0 Å². The Morgan fingerprint density at radius 1 is 1.48 bits per heavy atom. The molecule has 0 aliphatic heterocycles. The minimum atomic E-state index is -1.11. The van der Waals surface area contributed by atoms with E-state index >= 15 is 0 Å². The van der Waals surface area contributed by atoms with Crippen molar-refractivity contribution in [1.82, 2.24) is 15.3 Å². The summed E-state index contributed by atoms with van der Waals surface area (Å²) >= 11 is 5.87. The van der Waals surface area contributed by atoms with E-state index in [0.29, 0.717) is 16.3 Å². The molecule has 0 unspecified atom stereocenters. The SMILES string of the molecule is Cc1ccc(Cl)cc1C(=O)N[C@H](Cc1cnc[nH]1)C(=O)O. The Bertz CT molecular complexity index is 655. The van der Waals surface area contributed by atoms with Crippen LogP contribution in [0.2, 0.25) is 5.02 Å². The van der Waals surface area contributed by atoms with Gasteiger partial charge in [0.1, 0.15) is 6.04 Å². The first-order chi connectivity index (χ1) is 9.97. The van der Waals surface area contributed by atoms with Crippen LogP contribution in [0.15, 0.2) is 30.7 Å². The normalized spacial score (nSPS) is 11.9. The van der Waals surface area contributed by atoms with Gasteiger partial charge in [0.15, 0.2) is 0 Å². The number of benzene rings is 1. The molecule has 2 aromatic rings. The zero-order valence-corrected chi connectivity index (χ0v) is 12.0. The zero-order valence-electron chi connectivity index (χ0n) is 11.3. The number of halogens is 1. The summed E-state index contributed by atoms with van der Waals surface area (Å²) in [7, 11) is 0. The third-order valence-electron chi connectivity index (χ3n) is 3.03. The lowest BCUT2D eigenvalue weighted by Crippen LogP contribution is -2.42. The highest BCUT2D eigenvalue weighted by Crippen LogP contribution is 2.15. The summed E-state index contributed by atoms with van der Waals surface area (Å²) in [6.45, 7) is 1.76. The number of aliphatic carboxylic acids is 1. The predicted molar refractivity (Wildman–Crippen MR) is 77.4 cm³/mol. The summed E-state index contributed by atoms with van der Waals surface area (Å²) in [5.74, 6) is -1.58. The maximum Gasteiger partial charge on any atom is 0.326 e. The molecule has 1 atom stereocenters. The lowest BCUT2D eigenvalue weighted by molar-refractivity contribution is -0.139. The van der Waals surface area contributed by atoms with Crippen LogP contribution in [0.5, 0.6) is 0 Å². The number of carboxylic acid groups (broad SMARTS) is 1. The van der Waals surface area contributed by atoms with Crippen molar-refractivity contribution in [1.29, 1.82) is 0 Å². The second kappa shape index (κ2) is 6.41. The molecule has 0 bridgehead atoms. The number of aryl methyl sites for hydroxylation is 1. The van der Waals surface area contributed by atoms with Crippen molar-refractivity contribution in [2.24, 2.45) is 0 Å². The number of amides is 1. The molecule has 0 aliphatic rings. The number of H-pyrrole nitrogens is 1. The quantitative estimate of drug-likeness (QED) is 0.785. The van der Waals surface area contributed by atoms with Gasteiger partial charge >= 0.3 is 5.97 Å². The van der Waals surface area contributed by atoms with E-state index in [-0.39, 0.29) is 6.42 Å². The van der Waals surface area contributed by atoms with E-state index in [1.165, 1.54) is 18.6 Å². The Morgan fingerprint density at radius 2 is 2.24 bits per heavy atom. The first-order valence-electron chi connectivity index (χ1n) is 6.24. The fourth-order valence-corrected chi connectivity index (χ4v) is 2.06. The average Bonchev–Trinajstić information content (AvgIpc) is 2.93. The van der Waals surface area contributed by atoms with Gasteiger partial charge in [-0.2, -0.15) is 0 Å². The highest BCUT2D eigenvalue weighted by molar-refractivity contribution is 6.31. The molecule has 2 rings (SSSR count). The van der Waals surface area contributed by atoms with Gasteiger partial charge in [-0.25, -0.2) is 9.78 Å². The van der Waals surface area contributed by atoms with Crippen LogP contribution in [0.25, 0.3) is 0 Å². The number of aromatic nitrogens is 2. The molecule has 1 aromatic heterocycles. The number of rotatable bonds is 5. The van der Waals surface area contributed by atoms with Crippen LogP contribution in [-0.4, -0.2) is 33.0 Å². The lowest BCUT2D eigenvalue weighted by Gasteiger charge is -2.15. The van der Waals surface area contributed by atoms with Crippen molar-refractivity contribution in [3.8, 4) is 0 Å². The molecule has 110 valence electrons. The number of hydrogen-bond acceptors (Lipinski definition) is 3. The number of aromatic amines is 1. The Hall–Kier alpha value is -2.34. The lowest BCUT2D eigenvalue weighted by atomic mass is 10.1. The minimum Gasteiger partial charge on any atom is -0.480 e. The van der Waals surface area contributed by atoms with Crippen molar-refractivity contribution < 1.29 is 14.7 Å². The summed E-state index contributed by atoms with van der Waals surface area (Å²) < 4.78 is 0. The third kappa shape index (κ3) is 3.82. The zero-order chi connectivity index (χ0) is 15.4. The van der Waals surface area contributed by atoms with Crippen LogP contribution in [-0.2, 0) is 11.2 Å². The Balaban J connectivity index is 2.14. The van der Waals surface area contributed by atoms with Gasteiger partial charge in [-0.1, -0.05) is 17.7 Å². The molecule has 3 N–H and O–H groups in total. The smallest absolute Gasteiger partial charge is 0.326 e. The molecule has 21 heavy (non-hydrogen) atoms. The van der Waals surface area contributed by atoms with Crippen molar-refractivity contribution in [3.63, 3.8) is 0 Å². The maximum absolute atomic E-state index is 12.2. The summed E-state index contributed by atoms with van der Waals surface area (Å²) in [5.41, 5.74) is 1.71. The van der Waals surface area contributed by atoms with E-state index in [1.54, 1.807) is 19.1 Å². The van der Waals surface area contributed by atoms with E-state index in [4.69, 9.17) is 11.6 Å². The number of nitrogens with one attached hydrogen (secondary N) is 2. The highest BCUT2D eigenvalue weighted by atomic mass is 35.5. The summed E-state index contributed by atoms with van der Waals surface area (Å²) in [6, 6.07) is 3.85. The topological polar surface area (TPSA) is 95.1 Å². The van der Waals surface area contributed by atoms with E-state index < -0.39 is 17.9 Å². The molecule has 1 heterocycles. The number of imidazole rings is 1. The van der Waals surface area contributed by atoms with Crippen LogP contribution in [0.4, 0.5) is 0 Å². The molecule has 0 spiro atoms. The number of carboxylic acids is 1. The summed E-state index contributed by atoms with van der Waals surface area (Å²) in [6.07, 6.45) is 3.10. The molecule has 0 fully saturated rings. The van der Waals surface area contributed by atoms with Gasteiger partial charge in [-0.05, 0) is 24.6 Å². The Kier molecular flexibility index (Phi) is 4.59. The standard InChI is InChI=1S/C14H14ClN3O3/c1-8-2-3-9(15)4-11(8)13(19)18-12(14(20)21)5-10-6-16-7-17-10/h2-4,6-7,12H,5H2,1H3,(H,16,17)(H,18,19)(H,20,21)/t12-/m1/s1. The van der Waals surface area contributed by atoms with Crippen LogP contribution in [0, 0.1) is 6.92 Å². The van der Waals surface area contributed by atoms with Crippen molar-refractivity contribution in [3.05, 3.63) is 52.6 Å². The maximum atomic E-state index is 12.2. The number of carbonyl (C=O) groups excluding carboxylic acids is 1. The number of hydrogen-bond donors (Lipinski definition) is 3. The molecule has 1 amide bonds. The second-order valence-corrected chi connectivity index (χ2v) is 5.04. The van der Waals surface area contributed by atoms with Crippen molar-refractivity contribution in [2.45, 2.75) is 19.4 Å². The molecule has 1 aromatic carbocycles. The van der Waals surface area contributed by atoms with Gasteiger partial charge in [-0.15, -0.1) is 0 Å². The summed E-state index contributed by atoms with van der Waals surface area (Å²) in [4.78, 5) is 30.1. The van der Waals surface area contributed by atoms with Crippen LogP contribution in [0.3, 0.4) is 0 Å². The fraction of sp³-hybridized carbons (Fsp3) is 0.214. The average molecular weight is 308 g/mol. The van der Waals surface area contributed by atoms with E-state index in [9.17, 15) is 14.7 Å². The minimum absolute atomic E-state index is 0.126. The van der Waals surface area contributed by atoms with E-state index in [0.717, 1.165) is 5.56 Å². The molecule has 0 saturated heterocycles. The molecular formula is C14H14ClN3O3. The monoisotopic (exact) mass is 307 g/mol. The number of nitrogens with zero attached hydrogens (tertiary/aromatic N) is 1. The van der Waals surface area contributed by atoms with Crippen LogP contribution in [0.1, 0.15) is 21.6 Å². The molecule has 0 radical (unpaired) electrons. The largest absolute Gasteiger partial charge is 0.480 e. The predicted octanol–water partition coefficient (Wildman–Crippen LogP) is 1.80. The van der Waals surface area contributed by atoms with Crippen LogP contribution >= 0.6 is 11.6 Å². The molecule has 6 nitrogen and oxygen atoms in total. The molecule has 0 aliphatic carbocycles. The van der Waals surface area contributed by atoms with Gasteiger partial charge in [-0.3, -0.25) is 4.79 Å². The van der Waals surface area contributed by atoms with Gasteiger partial charge in [0.2, 0.25) is 0 Å². The van der Waals surface area contributed by atoms with Crippen LogP contribution < -0.4 is 5.32 Å². The summed E-state index contributed by atoms with van der Waals surface area (Å²) in [5, 5.41) is 12.1. The third-order valence-corrected chi connectivity index (χ3v) is 3.26. The Morgan fingerprint density at radius 3 is 2.86 bits per heavy atom. The van der Waals surface area contributed by atoms with Crippen molar-refractivity contribution >= 4 is 23.5 Å². The Labute approximate surface area is 126 Å². The molecular weight excluding hydrogens is 294 g/mol. The highest BCUT2D eigenvalue weighted by Gasteiger charge is 2.22. The van der Waals surface area contributed by atoms with Gasteiger partial charge < -0.3 is 15.4 Å². The van der Waals surface area contributed by atoms with Gasteiger partial charge in [0.05, 0.1) is 6.33 Å². The fourth-order valence-electron chi connectivity index (χ4n) is 1.89. The van der Waals surface area contributed by atoms with Gasteiger partial charge in [0, 0.05) is 28.9 Å². The first kappa shape index (κ1) is 15.1. The molecule has 0 saturated carbocycles. The first-order valence-corrected chi connectivity index (χ1v) is 6.62. The second-order valence-electron chi connectivity index (χ2n) is 4.60. The van der Waals surface area contributed by atoms with E-state index in [2.05, 4.69) is 15.3 Å².